The summed E-state index contributed by atoms with van der Waals surface area (Å²) in [6.07, 6.45) is 1.74. The van der Waals surface area contributed by atoms with Gasteiger partial charge in [0.1, 0.15) is 12.4 Å². The predicted molar refractivity (Wildman–Crippen MR) is 107 cm³/mol. The number of hydrogen-bond acceptors (Lipinski definition) is 5. The maximum absolute atomic E-state index is 13.5. The van der Waals surface area contributed by atoms with Crippen LogP contribution in [0.25, 0.3) is 0 Å². The summed E-state index contributed by atoms with van der Waals surface area (Å²) in [7, 11) is -3.74. The van der Waals surface area contributed by atoms with E-state index in [1.165, 1.54) is 29.5 Å². The van der Waals surface area contributed by atoms with Crippen molar-refractivity contribution in [1.29, 1.82) is 0 Å². The minimum atomic E-state index is -3.74. The topological polar surface area (TPSA) is 77.9 Å². The highest BCUT2D eigenvalue weighted by Gasteiger charge is 2.30. The molecule has 1 aromatic carbocycles. The summed E-state index contributed by atoms with van der Waals surface area (Å²) < 4.78 is 38.7. The van der Waals surface area contributed by atoms with Crippen LogP contribution in [-0.4, -0.2) is 50.2 Å². The van der Waals surface area contributed by atoms with Crippen LogP contribution in [0.5, 0.6) is 0 Å². The van der Waals surface area contributed by atoms with Gasteiger partial charge in [-0.2, -0.15) is 0 Å². The van der Waals surface area contributed by atoms with Crippen molar-refractivity contribution in [3.63, 3.8) is 0 Å². The second kappa shape index (κ2) is 8.59. The Morgan fingerprint density at radius 1 is 1.32 bits per heavy atom. The van der Waals surface area contributed by atoms with Crippen molar-refractivity contribution in [3.05, 3.63) is 52.5 Å². The molecule has 3 rings (SSSR count). The fourth-order valence-electron chi connectivity index (χ4n) is 3.41. The molecule has 1 aliphatic heterocycles. The van der Waals surface area contributed by atoms with E-state index in [0.717, 1.165) is 21.5 Å². The average Bonchev–Trinajstić information content (AvgIpc) is 3.19. The van der Waals surface area contributed by atoms with Crippen molar-refractivity contribution >= 4 is 33.0 Å². The Morgan fingerprint density at radius 3 is 2.61 bits per heavy atom. The summed E-state index contributed by atoms with van der Waals surface area (Å²) in [5.74, 6) is -0.836. The minimum absolute atomic E-state index is 0.0666. The molecule has 0 radical (unpaired) electrons. The van der Waals surface area contributed by atoms with Crippen LogP contribution in [0.2, 0.25) is 0 Å². The normalized spacial score (nSPS) is 16.8. The first kappa shape index (κ1) is 20.8. The lowest BCUT2D eigenvalue weighted by Gasteiger charge is -2.35. The van der Waals surface area contributed by atoms with Crippen molar-refractivity contribution in [2.75, 3.05) is 30.2 Å². The van der Waals surface area contributed by atoms with Crippen molar-refractivity contribution in [2.45, 2.75) is 18.9 Å². The van der Waals surface area contributed by atoms with Gasteiger partial charge < -0.3 is 10.0 Å². The Morgan fingerprint density at radius 2 is 2.04 bits per heavy atom. The number of thiophene rings is 1. The van der Waals surface area contributed by atoms with Crippen LogP contribution in [0.3, 0.4) is 0 Å². The van der Waals surface area contributed by atoms with Crippen LogP contribution in [0.4, 0.5) is 10.1 Å². The molecule has 6 nitrogen and oxygen atoms in total. The first-order valence-electron chi connectivity index (χ1n) is 8.98. The molecule has 1 amide bonds. The number of hydrogen-bond donors (Lipinski definition) is 1. The first-order chi connectivity index (χ1) is 13.3. The van der Waals surface area contributed by atoms with Crippen molar-refractivity contribution in [2.24, 2.45) is 5.92 Å². The molecule has 0 spiro atoms. The Bertz CT molecular complexity index is 910. The minimum Gasteiger partial charge on any atom is -0.387 e. The molecule has 1 unspecified atom stereocenters. The number of carbonyl (C=O) groups excluding carboxylic acids is 1. The maximum Gasteiger partial charge on any atom is 0.243 e. The van der Waals surface area contributed by atoms with Crippen LogP contribution in [0.15, 0.2) is 41.8 Å². The van der Waals surface area contributed by atoms with Crippen LogP contribution in [0, 0.1) is 11.7 Å². The van der Waals surface area contributed by atoms with Crippen LogP contribution in [-0.2, 0) is 14.8 Å². The molecule has 152 valence electrons. The second-order valence-corrected chi connectivity index (χ2v) is 9.81. The predicted octanol–water partition coefficient (Wildman–Crippen LogP) is 2.63. The molecule has 1 aromatic heterocycles. The van der Waals surface area contributed by atoms with Gasteiger partial charge in [-0.25, -0.2) is 12.8 Å². The molecule has 1 fully saturated rings. The largest absolute Gasteiger partial charge is 0.387 e. The third-order valence-corrected chi connectivity index (χ3v) is 7.03. The highest BCUT2D eigenvalue weighted by Crippen LogP contribution is 2.33. The lowest BCUT2D eigenvalue weighted by molar-refractivity contribution is -0.131. The molecule has 0 saturated carbocycles. The van der Waals surface area contributed by atoms with E-state index in [9.17, 15) is 22.7 Å². The van der Waals surface area contributed by atoms with Gasteiger partial charge in [0, 0.05) is 18.0 Å². The quantitative estimate of drug-likeness (QED) is 0.770. The number of carbonyl (C=O) groups is 1. The Kier molecular flexibility index (Phi) is 6.36. The van der Waals surface area contributed by atoms with E-state index in [2.05, 4.69) is 0 Å². The number of anilines is 1. The molecule has 9 heteroatoms. The lowest BCUT2D eigenvalue weighted by Crippen LogP contribution is -2.46. The van der Waals surface area contributed by atoms with Crippen molar-refractivity contribution in [1.82, 2.24) is 4.90 Å². The highest BCUT2D eigenvalue weighted by atomic mass is 32.2. The third-order valence-electron chi connectivity index (χ3n) is 4.95. The van der Waals surface area contributed by atoms with Gasteiger partial charge in [0.2, 0.25) is 15.9 Å². The van der Waals surface area contributed by atoms with E-state index in [-0.39, 0.29) is 24.1 Å². The van der Waals surface area contributed by atoms with E-state index in [4.69, 9.17) is 0 Å². The molecule has 2 aromatic rings. The van der Waals surface area contributed by atoms with Gasteiger partial charge in [0.25, 0.3) is 0 Å². The lowest BCUT2D eigenvalue weighted by atomic mass is 9.90. The average molecular weight is 427 g/mol. The van der Waals surface area contributed by atoms with E-state index in [0.29, 0.717) is 25.9 Å². The molecule has 28 heavy (non-hydrogen) atoms. The number of aliphatic hydroxyl groups is 1. The summed E-state index contributed by atoms with van der Waals surface area (Å²) in [6.45, 7) is 0.528. The number of nitrogens with zero attached hydrogens (tertiary/aromatic N) is 2. The Hall–Kier alpha value is -1.97. The third kappa shape index (κ3) is 4.89. The molecular formula is C19H23FN2O4S2. The van der Waals surface area contributed by atoms with Gasteiger partial charge in [0.05, 0.1) is 18.0 Å². The maximum atomic E-state index is 13.5. The van der Waals surface area contributed by atoms with Gasteiger partial charge in [-0.1, -0.05) is 12.1 Å². The number of amides is 1. The van der Waals surface area contributed by atoms with Gasteiger partial charge in [0.15, 0.2) is 0 Å². The summed E-state index contributed by atoms with van der Waals surface area (Å²) in [4.78, 5) is 15.2. The van der Waals surface area contributed by atoms with Gasteiger partial charge >= 0.3 is 0 Å². The molecule has 2 heterocycles. The summed E-state index contributed by atoms with van der Waals surface area (Å²) in [5.41, 5.74) is 0.124. The van der Waals surface area contributed by atoms with Crippen molar-refractivity contribution < 1.29 is 22.7 Å². The standard InChI is InChI=1S/C19H23FN2O4S2/c1-28(25,26)22(16-5-2-4-15(20)12-16)13-18(23)21-9-7-14(8-10-21)19(24)17-6-3-11-27-17/h2-6,11-12,14,19,24H,7-10,13H2,1H3. The molecule has 1 atom stereocenters. The molecule has 0 aliphatic carbocycles. The number of likely N-dealkylation sites (tertiary alicyclic amines) is 1. The van der Waals surface area contributed by atoms with Crippen LogP contribution < -0.4 is 4.31 Å². The van der Waals surface area contributed by atoms with E-state index in [1.54, 1.807) is 4.90 Å². The number of sulfonamides is 1. The Labute approximate surface area is 168 Å². The SMILES string of the molecule is CS(=O)(=O)N(CC(=O)N1CCC(C(O)c2cccs2)CC1)c1cccc(F)c1. The first-order valence-corrected chi connectivity index (χ1v) is 11.7. The summed E-state index contributed by atoms with van der Waals surface area (Å²) >= 11 is 1.51. The number of benzene rings is 1. The molecular weight excluding hydrogens is 403 g/mol. The molecule has 0 bridgehead atoms. The molecule has 1 aliphatic rings. The number of aliphatic hydroxyl groups excluding tert-OH is 1. The van der Waals surface area contributed by atoms with Gasteiger partial charge in [-0.3, -0.25) is 9.10 Å². The van der Waals surface area contributed by atoms with E-state index < -0.39 is 21.9 Å². The summed E-state index contributed by atoms with van der Waals surface area (Å²) in [5, 5.41) is 12.4. The monoisotopic (exact) mass is 426 g/mol. The van der Waals surface area contributed by atoms with Crippen LogP contribution in [0.1, 0.15) is 23.8 Å². The van der Waals surface area contributed by atoms with Crippen molar-refractivity contribution in [3.8, 4) is 0 Å². The zero-order valence-corrected chi connectivity index (χ0v) is 17.1. The van der Waals surface area contributed by atoms with E-state index in [1.807, 2.05) is 17.5 Å². The number of rotatable bonds is 6. The Balaban J connectivity index is 1.64. The zero-order valence-electron chi connectivity index (χ0n) is 15.5. The second-order valence-electron chi connectivity index (χ2n) is 6.93. The van der Waals surface area contributed by atoms with Gasteiger partial charge in [-0.05, 0) is 48.4 Å². The molecule has 1 N–H and O–H groups in total. The smallest absolute Gasteiger partial charge is 0.243 e. The summed E-state index contributed by atoms with van der Waals surface area (Å²) in [6, 6.07) is 8.98. The highest BCUT2D eigenvalue weighted by molar-refractivity contribution is 7.92. The number of piperidine rings is 1. The van der Waals surface area contributed by atoms with E-state index >= 15 is 0 Å². The zero-order chi connectivity index (χ0) is 20.3. The fraction of sp³-hybridized carbons (Fsp3) is 0.421. The number of halogens is 1. The van der Waals surface area contributed by atoms with Crippen LogP contribution >= 0.6 is 11.3 Å². The molecule has 1 saturated heterocycles. The van der Waals surface area contributed by atoms with Gasteiger partial charge in [-0.15, -0.1) is 11.3 Å². The fourth-order valence-corrected chi connectivity index (χ4v) is 5.06.